The van der Waals surface area contributed by atoms with Gasteiger partial charge >= 0.3 is 0 Å². The molecule has 15 heavy (non-hydrogen) atoms. The minimum atomic E-state index is 1.01. The summed E-state index contributed by atoms with van der Waals surface area (Å²) < 4.78 is 0. The van der Waals surface area contributed by atoms with Crippen LogP contribution in [0.25, 0.3) is 0 Å². The van der Waals surface area contributed by atoms with Gasteiger partial charge in [0.05, 0.1) is 0 Å². The van der Waals surface area contributed by atoms with Crippen LogP contribution in [0.3, 0.4) is 0 Å². The number of hydrogen-bond donors (Lipinski definition) is 0. The Hall–Kier alpha value is 0. The summed E-state index contributed by atoms with van der Waals surface area (Å²) in [5.41, 5.74) is 0. The minimum Gasteiger partial charge on any atom is -0.0651 e. The lowest BCUT2D eigenvalue weighted by molar-refractivity contribution is 0.0161. The van der Waals surface area contributed by atoms with Gasteiger partial charge in [0.15, 0.2) is 0 Å². The molecule has 2 aliphatic rings. The Labute approximate surface area is 95.8 Å². The fraction of sp³-hybridized carbons (Fsp3) is 1.00. The predicted molar refractivity (Wildman–Crippen MR) is 66.8 cm³/mol. The zero-order chi connectivity index (χ0) is 10.8. The zero-order valence-electron chi connectivity index (χ0n) is 10.8. The van der Waals surface area contributed by atoms with Crippen molar-refractivity contribution in [3.63, 3.8) is 0 Å². The quantitative estimate of drug-likeness (QED) is 0.606. The molecule has 0 heteroatoms. The van der Waals surface area contributed by atoms with Gasteiger partial charge in [0.1, 0.15) is 0 Å². The first kappa shape index (κ1) is 11.5. The average molecular weight is 208 g/mol. The molecule has 2 rings (SSSR count). The van der Waals surface area contributed by atoms with Crippen LogP contribution in [-0.2, 0) is 0 Å². The third-order valence-corrected chi connectivity index (χ3v) is 5.53. The maximum absolute atomic E-state index is 2.55. The second-order valence-electron chi connectivity index (χ2n) is 6.04. The molecule has 5 atom stereocenters. The summed E-state index contributed by atoms with van der Waals surface area (Å²) in [6, 6.07) is 0. The summed E-state index contributed by atoms with van der Waals surface area (Å²) in [5, 5.41) is 0. The van der Waals surface area contributed by atoms with E-state index in [-0.39, 0.29) is 0 Å². The van der Waals surface area contributed by atoms with Gasteiger partial charge in [0.25, 0.3) is 0 Å². The average Bonchev–Trinajstić information content (AvgIpc) is 2.29. The van der Waals surface area contributed by atoms with E-state index < -0.39 is 0 Å². The van der Waals surface area contributed by atoms with Crippen LogP contribution < -0.4 is 0 Å². The van der Waals surface area contributed by atoms with Crippen molar-refractivity contribution in [2.45, 2.75) is 65.7 Å². The summed E-state index contributed by atoms with van der Waals surface area (Å²) >= 11 is 0. The van der Waals surface area contributed by atoms with Crippen LogP contribution in [0.4, 0.5) is 0 Å². The van der Waals surface area contributed by atoms with Crippen molar-refractivity contribution in [3.8, 4) is 0 Å². The first-order valence-electron chi connectivity index (χ1n) is 7.27. The molecule has 2 aliphatic carbocycles. The molecule has 0 radical (unpaired) electrons. The molecule has 0 aliphatic heterocycles. The van der Waals surface area contributed by atoms with Crippen molar-refractivity contribution < 1.29 is 0 Å². The van der Waals surface area contributed by atoms with Crippen LogP contribution in [0.2, 0.25) is 0 Å². The molecule has 2 saturated carbocycles. The van der Waals surface area contributed by atoms with Crippen LogP contribution >= 0.6 is 0 Å². The fourth-order valence-corrected chi connectivity index (χ4v) is 4.71. The van der Waals surface area contributed by atoms with Crippen molar-refractivity contribution in [2.75, 3.05) is 0 Å². The molecule has 0 saturated heterocycles. The molecule has 0 bridgehead atoms. The van der Waals surface area contributed by atoms with Gasteiger partial charge in [0, 0.05) is 0 Å². The summed E-state index contributed by atoms with van der Waals surface area (Å²) in [6.45, 7) is 7.37. The van der Waals surface area contributed by atoms with Crippen LogP contribution in [0, 0.1) is 29.6 Å². The van der Waals surface area contributed by atoms with Gasteiger partial charge in [-0.05, 0) is 42.4 Å². The lowest BCUT2D eigenvalue weighted by atomic mass is 9.57. The van der Waals surface area contributed by atoms with Crippen molar-refractivity contribution in [1.29, 1.82) is 0 Å². The minimum absolute atomic E-state index is 1.01. The van der Waals surface area contributed by atoms with Gasteiger partial charge in [-0.2, -0.15) is 0 Å². The SMILES string of the molecule is CCC1CC2CCCCC2C(C)C1CC. The van der Waals surface area contributed by atoms with E-state index in [4.69, 9.17) is 0 Å². The van der Waals surface area contributed by atoms with Crippen LogP contribution in [0.5, 0.6) is 0 Å². The highest BCUT2D eigenvalue weighted by molar-refractivity contribution is 4.91. The van der Waals surface area contributed by atoms with Crippen molar-refractivity contribution in [1.82, 2.24) is 0 Å². The van der Waals surface area contributed by atoms with Gasteiger partial charge in [-0.3, -0.25) is 0 Å². The molecule has 0 N–H and O–H groups in total. The summed E-state index contributed by atoms with van der Waals surface area (Å²) in [7, 11) is 0. The molecule has 0 amide bonds. The highest BCUT2D eigenvalue weighted by Crippen LogP contribution is 2.50. The number of rotatable bonds is 2. The molecular formula is C15H28. The Morgan fingerprint density at radius 3 is 2.40 bits per heavy atom. The predicted octanol–water partition coefficient (Wildman–Crippen LogP) is 4.89. The van der Waals surface area contributed by atoms with Crippen molar-refractivity contribution in [2.24, 2.45) is 29.6 Å². The van der Waals surface area contributed by atoms with E-state index in [9.17, 15) is 0 Å². The molecule has 2 fully saturated rings. The number of hydrogen-bond acceptors (Lipinski definition) is 0. The van der Waals surface area contributed by atoms with Crippen LogP contribution in [-0.4, -0.2) is 0 Å². The fourth-order valence-electron chi connectivity index (χ4n) is 4.71. The Morgan fingerprint density at radius 2 is 1.73 bits per heavy atom. The Balaban J connectivity index is 2.09. The van der Waals surface area contributed by atoms with E-state index in [2.05, 4.69) is 20.8 Å². The number of fused-ring (bicyclic) bond motifs is 1. The van der Waals surface area contributed by atoms with Crippen molar-refractivity contribution >= 4 is 0 Å². The molecule has 88 valence electrons. The third kappa shape index (κ3) is 2.10. The van der Waals surface area contributed by atoms with Gasteiger partial charge in [-0.25, -0.2) is 0 Å². The maximum Gasteiger partial charge on any atom is -0.0357 e. The van der Waals surface area contributed by atoms with E-state index in [1.54, 1.807) is 19.3 Å². The van der Waals surface area contributed by atoms with E-state index >= 15 is 0 Å². The second-order valence-corrected chi connectivity index (χ2v) is 6.04. The molecule has 0 nitrogen and oxygen atoms in total. The highest BCUT2D eigenvalue weighted by atomic mass is 14.5. The first-order valence-corrected chi connectivity index (χ1v) is 7.27. The molecule has 5 unspecified atom stereocenters. The Morgan fingerprint density at radius 1 is 1.00 bits per heavy atom. The van der Waals surface area contributed by atoms with Crippen LogP contribution in [0.1, 0.15) is 65.7 Å². The van der Waals surface area contributed by atoms with Crippen molar-refractivity contribution in [3.05, 3.63) is 0 Å². The summed E-state index contributed by atoms with van der Waals surface area (Å²) in [6.07, 6.45) is 10.5. The van der Waals surface area contributed by atoms with E-state index in [1.165, 1.54) is 25.7 Å². The molecular weight excluding hydrogens is 180 g/mol. The van der Waals surface area contributed by atoms with Crippen LogP contribution in [0.15, 0.2) is 0 Å². The highest BCUT2D eigenvalue weighted by Gasteiger charge is 2.41. The standard InChI is InChI=1S/C15H28/c1-4-12-10-13-8-6-7-9-15(13)11(3)14(12)5-2/h11-15H,4-10H2,1-3H3. The van der Waals surface area contributed by atoms with Gasteiger partial charge in [0.2, 0.25) is 0 Å². The molecule has 0 spiro atoms. The lowest BCUT2D eigenvalue weighted by Crippen LogP contribution is -2.40. The molecule has 0 aromatic rings. The lowest BCUT2D eigenvalue weighted by Gasteiger charge is -2.48. The maximum atomic E-state index is 2.55. The van der Waals surface area contributed by atoms with Gasteiger partial charge < -0.3 is 0 Å². The molecule has 0 aromatic heterocycles. The Kier molecular flexibility index (Phi) is 3.74. The largest absolute Gasteiger partial charge is 0.0651 e. The topological polar surface area (TPSA) is 0 Å². The molecule has 0 heterocycles. The Bertz CT molecular complexity index is 190. The monoisotopic (exact) mass is 208 g/mol. The van der Waals surface area contributed by atoms with E-state index in [0.717, 1.165) is 29.6 Å². The normalized spacial score (nSPS) is 46.2. The first-order chi connectivity index (χ1) is 7.27. The van der Waals surface area contributed by atoms with Gasteiger partial charge in [-0.1, -0.05) is 52.9 Å². The van der Waals surface area contributed by atoms with E-state index in [1.807, 2.05) is 0 Å². The third-order valence-electron chi connectivity index (χ3n) is 5.53. The molecule has 0 aromatic carbocycles. The zero-order valence-corrected chi connectivity index (χ0v) is 10.8. The second kappa shape index (κ2) is 4.89. The summed E-state index contributed by atoms with van der Waals surface area (Å²) in [4.78, 5) is 0. The van der Waals surface area contributed by atoms with E-state index in [0.29, 0.717) is 0 Å². The van der Waals surface area contributed by atoms with Gasteiger partial charge in [-0.15, -0.1) is 0 Å². The summed E-state index contributed by atoms with van der Waals surface area (Å²) in [5.74, 6) is 5.28. The smallest absolute Gasteiger partial charge is 0.0357 e.